The molecule has 0 saturated heterocycles. The lowest BCUT2D eigenvalue weighted by atomic mass is 10.0. The van der Waals surface area contributed by atoms with E-state index in [1.165, 1.54) is 4.88 Å². The van der Waals surface area contributed by atoms with Crippen LogP contribution in [0.25, 0.3) is 0 Å². The van der Waals surface area contributed by atoms with Crippen LogP contribution >= 0.6 is 11.3 Å². The zero-order valence-corrected chi connectivity index (χ0v) is 12.0. The Morgan fingerprint density at radius 2 is 2.28 bits per heavy atom. The van der Waals surface area contributed by atoms with Crippen molar-refractivity contribution < 1.29 is 4.42 Å². The second-order valence-electron chi connectivity index (χ2n) is 4.69. The third-order valence-electron chi connectivity index (χ3n) is 2.94. The Morgan fingerprint density at radius 3 is 2.83 bits per heavy atom. The van der Waals surface area contributed by atoms with Crippen LogP contribution in [0, 0.1) is 5.92 Å². The van der Waals surface area contributed by atoms with Gasteiger partial charge in [0.05, 0.1) is 12.7 Å². The molecule has 0 radical (unpaired) electrons. The van der Waals surface area contributed by atoms with Crippen LogP contribution in [0.5, 0.6) is 0 Å². The molecule has 98 valence electrons. The molecule has 2 aromatic heterocycles. The van der Waals surface area contributed by atoms with E-state index in [1.807, 2.05) is 6.20 Å². The molecule has 2 aromatic rings. The maximum absolute atomic E-state index is 5.61. The Balaban J connectivity index is 1.98. The molecule has 1 N–H and O–H groups in total. The molecule has 0 spiro atoms. The van der Waals surface area contributed by atoms with Gasteiger partial charge in [-0.3, -0.25) is 0 Å². The van der Waals surface area contributed by atoms with Gasteiger partial charge in [-0.1, -0.05) is 26.8 Å². The highest BCUT2D eigenvalue weighted by Crippen LogP contribution is 2.26. The lowest BCUT2D eigenvalue weighted by Gasteiger charge is -2.20. The van der Waals surface area contributed by atoms with E-state index in [-0.39, 0.29) is 0 Å². The van der Waals surface area contributed by atoms with E-state index in [1.54, 1.807) is 11.3 Å². The molecule has 0 aromatic carbocycles. The fraction of sp³-hybridized carbons (Fsp3) is 0.500. The molecule has 0 fully saturated rings. The fourth-order valence-electron chi connectivity index (χ4n) is 1.92. The summed E-state index contributed by atoms with van der Waals surface area (Å²) >= 11 is 1.79. The summed E-state index contributed by atoms with van der Waals surface area (Å²) in [7, 11) is 0. The Bertz CT molecular complexity index is 462. The van der Waals surface area contributed by atoms with Crippen LogP contribution in [-0.2, 0) is 13.0 Å². The standard InChI is InChI=1S/C14H20N2OS/c1-4-11-8-15-13(17-11)9-16-14(10(2)3)12-6-5-7-18-12/h5-8,10,14,16H,4,9H2,1-3H3. The van der Waals surface area contributed by atoms with Gasteiger partial charge in [-0.2, -0.15) is 0 Å². The average molecular weight is 264 g/mol. The smallest absolute Gasteiger partial charge is 0.208 e. The summed E-state index contributed by atoms with van der Waals surface area (Å²) in [6, 6.07) is 4.63. The van der Waals surface area contributed by atoms with Crippen LogP contribution < -0.4 is 5.32 Å². The second kappa shape index (κ2) is 6.16. The Kier molecular flexibility index (Phi) is 4.55. The van der Waals surface area contributed by atoms with Gasteiger partial charge in [-0.15, -0.1) is 11.3 Å². The van der Waals surface area contributed by atoms with Crippen LogP contribution in [0.15, 0.2) is 28.1 Å². The number of thiophene rings is 1. The first-order chi connectivity index (χ1) is 8.70. The van der Waals surface area contributed by atoms with Crippen molar-refractivity contribution in [2.45, 2.75) is 39.8 Å². The third-order valence-corrected chi connectivity index (χ3v) is 3.89. The minimum absolute atomic E-state index is 0.363. The molecule has 3 nitrogen and oxygen atoms in total. The maximum Gasteiger partial charge on any atom is 0.208 e. The minimum Gasteiger partial charge on any atom is -0.444 e. The molecule has 0 saturated carbocycles. The molecule has 0 aliphatic rings. The molecule has 0 aliphatic heterocycles. The first-order valence-electron chi connectivity index (χ1n) is 6.41. The summed E-state index contributed by atoms with van der Waals surface area (Å²) < 4.78 is 5.61. The minimum atomic E-state index is 0.363. The number of aromatic nitrogens is 1. The first-order valence-corrected chi connectivity index (χ1v) is 7.29. The Morgan fingerprint density at radius 1 is 1.44 bits per heavy atom. The summed E-state index contributed by atoms with van der Waals surface area (Å²) in [6.07, 6.45) is 2.71. The highest BCUT2D eigenvalue weighted by Gasteiger charge is 2.17. The highest BCUT2D eigenvalue weighted by atomic mass is 32.1. The monoisotopic (exact) mass is 264 g/mol. The number of nitrogens with zero attached hydrogens (tertiary/aromatic N) is 1. The normalized spacial score (nSPS) is 13.1. The average Bonchev–Trinajstić information content (AvgIpc) is 2.99. The lowest BCUT2D eigenvalue weighted by Crippen LogP contribution is -2.24. The molecule has 0 aliphatic carbocycles. The zero-order valence-electron chi connectivity index (χ0n) is 11.1. The number of rotatable bonds is 6. The van der Waals surface area contributed by atoms with Crippen LogP contribution in [0.3, 0.4) is 0 Å². The van der Waals surface area contributed by atoms with E-state index in [9.17, 15) is 0 Å². The van der Waals surface area contributed by atoms with Crippen molar-refractivity contribution in [3.8, 4) is 0 Å². The van der Waals surface area contributed by atoms with E-state index in [0.29, 0.717) is 18.5 Å². The van der Waals surface area contributed by atoms with Gasteiger partial charge in [0.25, 0.3) is 0 Å². The summed E-state index contributed by atoms with van der Waals surface area (Å²) in [4.78, 5) is 5.64. The van der Waals surface area contributed by atoms with Crippen molar-refractivity contribution in [3.63, 3.8) is 0 Å². The van der Waals surface area contributed by atoms with Gasteiger partial charge < -0.3 is 9.73 Å². The number of hydrogen-bond donors (Lipinski definition) is 1. The van der Waals surface area contributed by atoms with Gasteiger partial charge in [0.1, 0.15) is 5.76 Å². The summed E-state index contributed by atoms with van der Waals surface area (Å²) in [5.41, 5.74) is 0. The number of oxazole rings is 1. The van der Waals surface area contributed by atoms with Gasteiger partial charge in [0.15, 0.2) is 0 Å². The molecule has 0 bridgehead atoms. The molecule has 0 amide bonds. The Labute approximate surface area is 112 Å². The van der Waals surface area contributed by atoms with E-state index in [0.717, 1.165) is 18.1 Å². The van der Waals surface area contributed by atoms with Crippen molar-refractivity contribution >= 4 is 11.3 Å². The second-order valence-corrected chi connectivity index (χ2v) is 5.67. The van der Waals surface area contributed by atoms with E-state index in [2.05, 4.69) is 48.6 Å². The lowest BCUT2D eigenvalue weighted by molar-refractivity contribution is 0.374. The maximum atomic E-state index is 5.61. The molecule has 2 rings (SSSR count). The van der Waals surface area contributed by atoms with Gasteiger partial charge in [-0.25, -0.2) is 4.98 Å². The van der Waals surface area contributed by atoms with Gasteiger partial charge in [-0.05, 0) is 17.4 Å². The molecule has 2 heterocycles. The quantitative estimate of drug-likeness (QED) is 0.862. The SMILES string of the molecule is CCc1cnc(CNC(c2cccs2)C(C)C)o1. The molecular weight excluding hydrogens is 244 g/mol. The summed E-state index contributed by atoms with van der Waals surface area (Å²) in [6.45, 7) is 7.20. The number of nitrogens with one attached hydrogen (secondary N) is 1. The van der Waals surface area contributed by atoms with E-state index >= 15 is 0 Å². The fourth-order valence-corrected chi connectivity index (χ4v) is 2.90. The molecule has 18 heavy (non-hydrogen) atoms. The van der Waals surface area contributed by atoms with Gasteiger partial charge in [0, 0.05) is 17.3 Å². The largest absolute Gasteiger partial charge is 0.444 e. The van der Waals surface area contributed by atoms with Crippen molar-refractivity contribution in [1.82, 2.24) is 10.3 Å². The zero-order chi connectivity index (χ0) is 13.0. The predicted molar refractivity (Wildman–Crippen MR) is 74.6 cm³/mol. The predicted octanol–water partition coefficient (Wildman–Crippen LogP) is 3.79. The molecule has 4 heteroatoms. The van der Waals surface area contributed by atoms with Crippen LogP contribution in [0.4, 0.5) is 0 Å². The van der Waals surface area contributed by atoms with E-state index < -0.39 is 0 Å². The third kappa shape index (κ3) is 3.21. The first kappa shape index (κ1) is 13.3. The number of aryl methyl sites for hydroxylation is 1. The number of hydrogen-bond acceptors (Lipinski definition) is 4. The van der Waals surface area contributed by atoms with Crippen molar-refractivity contribution in [2.24, 2.45) is 5.92 Å². The van der Waals surface area contributed by atoms with Gasteiger partial charge in [0.2, 0.25) is 5.89 Å². The van der Waals surface area contributed by atoms with Crippen molar-refractivity contribution in [3.05, 3.63) is 40.2 Å². The Hall–Kier alpha value is -1.13. The van der Waals surface area contributed by atoms with E-state index in [4.69, 9.17) is 4.42 Å². The van der Waals surface area contributed by atoms with Crippen LogP contribution in [-0.4, -0.2) is 4.98 Å². The van der Waals surface area contributed by atoms with Crippen molar-refractivity contribution in [2.75, 3.05) is 0 Å². The van der Waals surface area contributed by atoms with Crippen LogP contribution in [0.1, 0.15) is 43.3 Å². The topological polar surface area (TPSA) is 38.1 Å². The molecule has 1 atom stereocenters. The molecular formula is C14H20N2OS. The summed E-state index contributed by atoms with van der Waals surface area (Å²) in [5.74, 6) is 2.27. The van der Waals surface area contributed by atoms with Crippen LogP contribution in [0.2, 0.25) is 0 Å². The van der Waals surface area contributed by atoms with Gasteiger partial charge >= 0.3 is 0 Å². The summed E-state index contributed by atoms with van der Waals surface area (Å²) in [5, 5.41) is 5.65. The molecule has 1 unspecified atom stereocenters. The van der Waals surface area contributed by atoms with Crippen molar-refractivity contribution in [1.29, 1.82) is 0 Å². The highest BCUT2D eigenvalue weighted by molar-refractivity contribution is 7.10.